The van der Waals surface area contributed by atoms with E-state index in [1.54, 1.807) is 6.20 Å². The quantitative estimate of drug-likeness (QED) is 0.447. The predicted octanol–water partition coefficient (Wildman–Crippen LogP) is 3.76. The number of hydrogen-bond donors (Lipinski definition) is 3. The molecule has 0 fully saturated rings. The van der Waals surface area contributed by atoms with Crippen LogP contribution < -0.4 is 11.1 Å². The van der Waals surface area contributed by atoms with Gasteiger partial charge in [-0.15, -0.1) is 0 Å². The van der Waals surface area contributed by atoms with Gasteiger partial charge in [0.1, 0.15) is 23.6 Å². The maximum atomic E-state index is 6.05. The van der Waals surface area contributed by atoms with E-state index in [2.05, 4.69) is 30.2 Å². The first-order valence-electron chi connectivity index (χ1n) is 8.90. The zero-order chi connectivity index (χ0) is 18.9. The van der Waals surface area contributed by atoms with Gasteiger partial charge in [0.25, 0.3) is 0 Å². The lowest BCUT2D eigenvalue weighted by Gasteiger charge is -2.10. The van der Waals surface area contributed by atoms with Gasteiger partial charge >= 0.3 is 0 Å². The second-order valence-corrected chi connectivity index (χ2v) is 6.46. The van der Waals surface area contributed by atoms with Gasteiger partial charge in [-0.05, 0) is 47.5 Å². The molecule has 4 N–H and O–H groups in total. The molecule has 136 valence electrons. The average molecular weight is 367 g/mol. The smallest absolute Gasteiger partial charge is 0.140 e. The van der Waals surface area contributed by atoms with E-state index in [1.807, 2.05) is 54.7 Å². The van der Waals surface area contributed by atoms with Gasteiger partial charge in [0, 0.05) is 23.2 Å². The maximum absolute atomic E-state index is 6.05. The number of fused-ring (bicyclic) bond motifs is 2. The third-order valence-electron chi connectivity index (χ3n) is 4.68. The standard InChI is InChI=1S/C21H17N7/c22-20-17-9-13(4-5-18(17)26-12-27-20)16-10-19(28-21-15(16)6-8-24-21)25-11-14-3-1-2-7-23-14/h1-10,12H,11H2,(H2,22,26,27)(H2,24,25,28). The summed E-state index contributed by atoms with van der Waals surface area (Å²) in [5.74, 6) is 1.24. The van der Waals surface area contributed by atoms with Crippen LogP contribution in [0.4, 0.5) is 11.6 Å². The lowest BCUT2D eigenvalue weighted by Crippen LogP contribution is -2.03. The molecule has 1 aromatic carbocycles. The van der Waals surface area contributed by atoms with Gasteiger partial charge in [0.2, 0.25) is 0 Å². The van der Waals surface area contributed by atoms with Crippen LogP contribution in [-0.2, 0) is 6.54 Å². The van der Waals surface area contributed by atoms with Gasteiger partial charge in [-0.25, -0.2) is 15.0 Å². The number of benzene rings is 1. The van der Waals surface area contributed by atoms with Crippen LogP contribution in [0.5, 0.6) is 0 Å². The molecule has 0 saturated heterocycles. The summed E-state index contributed by atoms with van der Waals surface area (Å²) in [6, 6.07) is 15.9. The predicted molar refractivity (Wildman–Crippen MR) is 111 cm³/mol. The summed E-state index contributed by atoms with van der Waals surface area (Å²) in [4.78, 5) is 20.6. The number of rotatable bonds is 4. The topological polar surface area (TPSA) is 105 Å². The molecule has 7 heteroatoms. The number of hydrogen-bond acceptors (Lipinski definition) is 6. The molecular formula is C21H17N7. The second-order valence-electron chi connectivity index (χ2n) is 6.46. The molecule has 0 radical (unpaired) electrons. The normalized spacial score (nSPS) is 11.1. The van der Waals surface area contributed by atoms with E-state index in [0.29, 0.717) is 12.4 Å². The Kier molecular flexibility index (Phi) is 3.83. The van der Waals surface area contributed by atoms with Crippen LogP contribution >= 0.6 is 0 Å². The molecule has 0 amide bonds. The van der Waals surface area contributed by atoms with E-state index in [1.165, 1.54) is 6.33 Å². The van der Waals surface area contributed by atoms with Gasteiger partial charge in [-0.1, -0.05) is 12.1 Å². The first kappa shape index (κ1) is 16.2. The van der Waals surface area contributed by atoms with Crippen LogP contribution in [0.15, 0.2) is 67.3 Å². The van der Waals surface area contributed by atoms with E-state index >= 15 is 0 Å². The number of nitrogens with two attached hydrogens (primary N) is 1. The highest BCUT2D eigenvalue weighted by atomic mass is 15.0. The van der Waals surface area contributed by atoms with Gasteiger partial charge in [0.15, 0.2) is 0 Å². The van der Waals surface area contributed by atoms with Crippen molar-refractivity contribution in [2.75, 3.05) is 11.1 Å². The van der Waals surface area contributed by atoms with Crippen LogP contribution in [0.2, 0.25) is 0 Å². The number of pyridine rings is 2. The molecule has 0 bridgehead atoms. The lowest BCUT2D eigenvalue weighted by molar-refractivity contribution is 1.03. The van der Waals surface area contributed by atoms with Crippen molar-refractivity contribution in [3.63, 3.8) is 0 Å². The Labute approximate surface area is 160 Å². The first-order valence-corrected chi connectivity index (χ1v) is 8.90. The second kappa shape index (κ2) is 6.62. The number of aromatic amines is 1. The molecule has 0 spiro atoms. The Balaban J connectivity index is 1.58. The van der Waals surface area contributed by atoms with Gasteiger partial charge in [-0.3, -0.25) is 4.98 Å². The Morgan fingerprint density at radius 3 is 2.82 bits per heavy atom. The number of aromatic nitrogens is 5. The summed E-state index contributed by atoms with van der Waals surface area (Å²) in [7, 11) is 0. The van der Waals surface area contributed by atoms with Crippen molar-refractivity contribution in [3.8, 4) is 11.1 Å². The van der Waals surface area contributed by atoms with Crippen LogP contribution in [-0.4, -0.2) is 24.9 Å². The summed E-state index contributed by atoms with van der Waals surface area (Å²) in [6.07, 6.45) is 5.15. The summed E-state index contributed by atoms with van der Waals surface area (Å²) in [5.41, 5.74) is 10.7. The van der Waals surface area contributed by atoms with Gasteiger partial charge in [0.05, 0.1) is 17.8 Å². The number of nitrogen functional groups attached to an aromatic ring is 1. The molecule has 0 saturated carbocycles. The SMILES string of the molecule is Nc1ncnc2ccc(-c3cc(NCc4ccccn4)nc4[nH]ccc34)cc12. The Morgan fingerprint density at radius 2 is 1.93 bits per heavy atom. The number of nitrogens with one attached hydrogen (secondary N) is 2. The zero-order valence-corrected chi connectivity index (χ0v) is 14.9. The third kappa shape index (κ3) is 2.88. The molecule has 28 heavy (non-hydrogen) atoms. The van der Waals surface area contributed by atoms with Crippen LogP contribution in [0.3, 0.4) is 0 Å². The highest BCUT2D eigenvalue weighted by Crippen LogP contribution is 2.32. The van der Waals surface area contributed by atoms with Crippen molar-refractivity contribution in [2.24, 2.45) is 0 Å². The molecule has 0 aliphatic rings. The largest absolute Gasteiger partial charge is 0.383 e. The third-order valence-corrected chi connectivity index (χ3v) is 4.68. The van der Waals surface area contributed by atoms with Gasteiger partial charge in [-0.2, -0.15) is 0 Å². The van der Waals surface area contributed by atoms with Crippen molar-refractivity contribution < 1.29 is 0 Å². The summed E-state index contributed by atoms with van der Waals surface area (Å²) < 4.78 is 0. The Morgan fingerprint density at radius 1 is 0.964 bits per heavy atom. The fourth-order valence-corrected chi connectivity index (χ4v) is 3.29. The van der Waals surface area contributed by atoms with Gasteiger partial charge < -0.3 is 16.0 Å². The summed E-state index contributed by atoms with van der Waals surface area (Å²) >= 11 is 0. The fraction of sp³-hybridized carbons (Fsp3) is 0.0476. The fourth-order valence-electron chi connectivity index (χ4n) is 3.29. The number of nitrogens with zero attached hydrogens (tertiary/aromatic N) is 4. The summed E-state index contributed by atoms with van der Waals surface area (Å²) in [5, 5.41) is 5.24. The molecule has 4 heterocycles. The molecule has 4 aromatic heterocycles. The number of anilines is 2. The van der Waals surface area contributed by atoms with Crippen molar-refractivity contribution in [3.05, 3.63) is 72.9 Å². The molecule has 0 unspecified atom stereocenters. The minimum Gasteiger partial charge on any atom is -0.383 e. The average Bonchev–Trinajstić information content (AvgIpc) is 3.21. The van der Waals surface area contributed by atoms with Crippen LogP contribution in [0.1, 0.15) is 5.69 Å². The highest BCUT2D eigenvalue weighted by molar-refractivity contribution is 5.98. The molecule has 0 aliphatic carbocycles. The van der Waals surface area contributed by atoms with E-state index in [9.17, 15) is 0 Å². The zero-order valence-electron chi connectivity index (χ0n) is 14.9. The van der Waals surface area contributed by atoms with E-state index in [4.69, 9.17) is 5.73 Å². The lowest BCUT2D eigenvalue weighted by atomic mass is 10.0. The van der Waals surface area contributed by atoms with E-state index < -0.39 is 0 Å². The van der Waals surface area contributed by atoms with Crippen molar-refractivity contribution in [1.29, 1.82) is 0 Å². The molecule has 0 atom stereocenters. The van der Waals surface area contributed by atoms with E-state index in [0.717, 1.165) is 44.6 Å². The number of H-pyrrole nitrogens is 1. The van der Waals surface area contributed by atoms with Crippen molar-refractivity contribution in [1.82, 2.24) is 24.9 Å². The molecule has 5 aromatic rings. The Bertz CT molecular complexity index is 1280. The molecular weight excluding hydrogens is 350 g/mol. The molecule has 0 aliphatic heterocycles. The van der Waals surface area contributed by atoms with Crippen LogP contribution in [0, 0.1) is 0 Å². The first-order chi connectivity index (χ1) is 13.8. The van der Waals surface area contributed by atoms with E-state index in [-0.39, 0.29) is 0 Å². The minimum atomic E-state index is 0.472. The maximum Gasteiger partial charge on any atom is 0.140 e. The van der Waals surface area contributed by atoms with Crippen LogP contribution in [0.25, 0.3) is 33.1 Å². The highest BCUT2D eigenvalue weighted by Gasteiger charge is 2.11. The minimum absolute atomic E-state index is 0.472. The molecule has 7 nitrogen and oxygen atoms in total. The van der Waals surface area contributed by atoms with Crippen molar-refractivity contribution >= 4 is 33.6 Å². The van der Waals surface area contributed by atoms with Crippen molar-refractivity contribution in [2.45, 2.75) is 6.54 Å². The molecule has 5 rings (SSSR count). The summed E-state index contributed by atoms with van der Waals surface area (Å²) in [6.45, 7) is 0.595. The monoisotopic (exact) mass is 367 g/mol. The Hall–Kier alpha value is -4.00.